The monoisotopic (exact) mass is 414 g/mol. The zero-order chi connectivity index (χ0) is 20.8. The van der Waals surface area contributed by atoms with E-state index in [1.165, 1.54) is 4.90 Å². The minimum Gasteiger partial charge on any atom is -0.450 e. The molecule has 0 saturated carbocycles. The van der Waals surface area contributed by atoms with Crippen molar-refractivity contribution in [3.8, 4) is 0 Å². The van der Waals surface area contributed by atoms with Crippen LogP contribution in [0.1, 0.15) is 27.9 Å². The van der Waals surface area contributed by atoms with Crippen LogP contribution in [0, 0.1) is 6.92 Å². The maximum atomic E-state index is 12.4. The van der Waals surface area contributed by atoms with Gasteiger partial charge in [-0.3, -0.25) is 9.59 Å². The average molecular weight is 414 g/mol. The van der Waals surface area contributed by atoms with E-state index in [1.54, 1.807) is 31.3 Å². The SMILES string of the molecule is CCN(CC(=O)NCc1cccs1)C(=O)COC(=O)c1oc2ccccc2c1C. The van der Waals surface area contributed by atoms with Crippen molar-refractivity contribution in [2.75, 3.05) is 19.7 Å². The van der Waals surface area contributed by atoms with Gasteiger partial charge < -0.3 is 19.4 Å². The van der Waals surface area contributed by atoms with Crippen LogP contribution in [0.5, 0.6) is 0 Å². The van der Waals surface area contributed by atoms with Gasteiger partial charge in [0.25, 0.3) is 5.91 Å². The van der Waals surface area contributed by atoms with Gasteiger partial charge in [-0.05, 0) is 31.4 Å². The number of benzene rings is 1. The Morgan fingerprint density at radius 2 is 1.97 bits per heavy atom. The van der Waals surface area contributed by atoms with Crippen molar-refractivity contribution in [1.82, 2.24) is 10.2 Å². The van der Waals surface area contributed by atoms with Crippen molar-refractivity contribution >= 4 is 40.1 Å². The lowest BCUT2D eigenvalue weighted by Crippen LogP contribution is -2.42. The number of thiophene rings is 1. The molecule has 1 N–H and O–H groups in total. The topological polar surface area (TPSA) is 88.9 Å². The lowest BCUT2D eigenvalue weighted by atomic mass is 10.1. The van der Waals surface area contributed by atoms with Crippen LogP contribution >= 0.6 is 11.3 Å². The van der Waals surface area contributed by atoms with Gasteiger partial charge in [-0.15, -0.1) is 11.3 Å². The number of esters is 1. The van der Waals surface area contributed by atoms with E-state index in [0.29, 0.717) is 24.2 Å². The normalized spacial score (nSPS) is 10.7. The molecule has 2 heterocycles. The van der Waals surface area contributed by atoms with Gasteiger partial charge in [0, 0.05) is 22.4 Å². The average Bonchev–Trinajstić information content (AvgIpc) is 3.36. The molecular weight excluding hydrogens is 392 g/mol. The number of aryl methyl sites for hydroxylation is 1. The van der Waals surface area contributed by atoms with Crippen LogP contribution in [0.2, 0.25) is 0 Å². The molecule has 0 aliphatic carbocycles. The van der Waals surface area contributed by atoms with Gasteiger partial charge >= 0.3 is 5.97 Å². The molecule has 3 aromatic rings. The smallest absolute Gasteiger partial charge is 0.375 e. The minimum atomic E-state index is -0.703. The number of fused-ring (bicyclic) bond motifs is 1. The second kappa shape index (κ2) is 9.38. The third kappa shape index (κ3) is 5.03. The summed E-state index contributed by atoms with van der Waals surface area (Å²) in [6, 6.07) is 11.1. The molecule has 0 atom stereocenters. The summed E-state index contributed by atoms with van der Waals surface area (Å²) >= 11 is 1.55. The van der Waals surface area contributed by atoms with Crippen molar-refractivity contribution in [1.29, 1.82) is 0 Å². The molecule has 1 aromatic carbocycles. The summed E-state index contributed by atoms with van der Waals surface area (Å²) in [5.41, 5.74) is 1.25. The Kier molecular flexibility index (Phi) is 6.66. The number of rotatable bonds is 8. The Bertz CT molecular complexity index is 1010. The number of carbonyl (C=O) groups is 3. The molecule has 0 bridgehead atoms. The van der Waals surface area contributed by atoms with E-state index in [-0.39, 0.29) is 18.2 Å². The Morgan fingerprint density at radius 1 is 1.17 bits per heavy atom. The fourth-order valence-electron chi connectivity index (χ4n) is 2.86. The van der Waals surface area contributed by atoms with Crippen molar-refractivity contribution in [3.63, 3.8) is 0 Å². The zero-order valence-electron chi connectivity index (χ0n) is 16.3. The van der Waals surface area contributed by atoms with E-state index < -0.39 is 18.5 Å². The van der Waals surface area contributed by atoms with Crippen LogP contribution < -0.4 is 5.32 Å². The molecule has 3 rings (SSSR count). The van der Waals surface area contributed by atoms with Crippen LogP contribution in [-0.2, 0) is 20.9 Å². The van der Waals surface area contributed by atoms with E-state index in [2.05, 4.69) is 5.32 Å². The largest absolute Gasteiger partial charge is 0.450 e. The lowest BCUT2D eigenvalue weighted by molar-refractivity contribution is -0.138. The number of ether oxygens (including phenoxy) is 1. The summed E-state index contributed by atoms with van der Waals surface area (Å²) in [7, 11) is 0. The summed E-state index contributed by atoms with van der Waals surface area (Å²) < 4.78 is 10.7. The predicted octanol–water partition coefficient (Wildman–Crippen LogP) is 3.12. The van der Waals surface area contributed by atoms with Crippen molar-refractivity contribution < 1.29 is 23.5 Å². The van der Waals surface area contributed by atoms with Crippen LogP contribution in [-0.4, -0.2) is 42.4 Å². The van der Waals surface area contributed by atoms with Crippen molar-refractivity contribution in [2.24, 2.45) is 0 Å². The van der Waals surface area contributed by atoms with Gasteiger partial charge in [0.15, 0.2) is 6.61 Å². The van der Waals surface area contributed by atoms with Gasteiger partial charge in [-0.25, -0.2) is 4.79 Å². The highest BCUT2D eigenvalue weighted by Gasteiger charge is 2.22. The van der Waals surface area contributed by atoms with Crippen LogP contribution in [0.3, 0.4) is 0 Å². The molecule has 29 heavy (non-hydrogen) atoms. The summed E-state index contributed by atoms with van der Waals surface area (Å²) in [6.45, 7) is 3.72. The van der Waals surface area contributed by atoms with E-state index in [4.69, 9.17) is 9.15 Å². The fourth-order valence-corrected chi connectivity index (χ4v) is 3.50. The standard InChI is InChI=1S/C21H22N2O5S/c1-3-23(12-18(24)22-11-15-7-6-10-29-15)19(25)13-27-21(26)20-14(2)16-8-4-5-9-17(16)28-20/h4-10H,3,11-13H2,1-2H3,(H,22,24). The third-order valence-electron chi connectivity index (χ3n) is 4.46. The van der Waals surface area contributed by atoms with Crippen LogP contribution in [0.25, 0.3) is 11.0 Å². The van der Waals surface area contributed by atoms with Gasteiger partial charge in [-0.1, -0.05) is 24.3 Å². The molecule has 0 aliphatic rings. The molecule has 0 radical (unpaired) electrons. The number of nitrogens with one attached hydrogen (secondary N) is 1. The van der Waals surface area contributed by atoms with E-state index in [9.17, 15) is 14.4 Å². The number of amides is 2. The Labute approximate surface area is 172 Å². The quantitative estimate of drug-likeness (QED) is 0.572. The van der Waals surface area contributed by atoms with E-state index in [1.807, 2.05) is 35.7 Å². The predicted molar refractivity (Wildman–Crippen MR) is 110 cm³/mol. The number of furan rings is 1. The molecular formula is C21H22N2O5S. The van der Waals surface area contributed by atoms with Crippen LogP contribution in [0.15, 0.2) is 46.2 Å². The summed E-state index contributed by atoms with van der Waals surface area (Å²) in [4.78, 5) is 39.2. The fraction of sp³-hybridized carbons (Fsp3) is 0.286. The second-order valence-electron chi connectivity index (χ2n) is 6.39. The Hall–Kier alpha value is -3.13. The number of hydrogen-bond donors (Lipinski definition) is 1. The van der Waals surface area contributed by atoms with E-state index >= 15 is 0 Å². The highest BCUT2D eigenvalue weighted by molar-refractivity contribution is 7.09. The maximum Gasteiger partial charge on any atom is 0.375 e. The number of nitrogens with zero attached hydrogens (tertiary/aromatic N) is 1. The molecule has 0 aliphatic heterocycles. The van der Waals surface area contributed by atoms with Gasteiger partial charge in [0.05, 0.1) is 13.1 Å². The molecule has 152 valence electrons. The molecule has 7 nitrogen and oxygen atoms in total. The van der Waals surface area contributed by atoms with Gasteiger partial charge in [-0.2, -0.15) is 0 Å². The molecule has 2 aromatic heterocycles. The van der Waals surface area contributed by atoms with Gasteiger partial charge in [0.1, 0.15) is 5.58 Å². The van der Waals surface area contributed by atoms with E-state index in [0.717, 1.165) is 10.3 Å². The van der Waals surface area contributed by atoms with Crippen LogP contribution in [0.4, 0.5) is 0 Å². The van der Waals surface area contributed by atoms with Crippen molar-refractivity contribution in [2.45, 2.75) is 20.4 Å². The summed E-state index contributed by atoms with van der Waals surface area (Å²) in [5.74, 6) is -1.34. The molecule has 0 unspecified atom stereocenters. The Balaban J connectivity index is 1.52. The molecule has 2 amide bonds. The first-order valence-electron chi connectivity index (χ1n) is 9.21. The number of carbonyl (C=O) groups excluding carboxylic acids is 3. The number of likely N-dealkylation sites (N-methyl/N-ethyl adjacent to an activating group) is 1. The first-order chi connectivity index (χ1) is 14.0. The van der Waals surface area contributed by atoms with Gasteiger partial charge in [0.2, 0.25) is 11.7 Å². The van der Waals surface area contributed by atoms with Crippen molar-refractivity contribution in [3.05, 3.63) is 58.0 Å². The lowest BCUT2D eigenvalue weighted by Gasteiger charge is -2.20. The second-order valence-corrected chi connectivity index (χ2v) is 7.42. The maximum absolute atomic E-state index is 12.4. The highest BCUT2D eigenvalue weighted by Crippen LogP contribution is 2.25. The highest BCUT2D eigenvalue weighted by atomic mass is 32.1. The summed E-state index contributed by atoms with van der Waals surface area (Å²) in [5, 5.41) is 5.53. The zero-order valence-corrected chi connectivity index (χ0v) is 17.1. The molecule has 0 fully saturated rings. The number of para-hydroxylation sites is 1. The molecule has 8 heteroatoms. The Morgan fingerprint density at radius 3 is 2.66 bits per heavy atom. The first kappa shape index (κ1) is 20.6. The summed E-state index contributed by atoms with van der Waals surface area (Å²) in [6.07, 6.45) is 0. The third-order valence-corrected chi connectivity index (χ3v) is 5.34. The first-order valence-corrected chi connectivity index (χ1v) is 10.1. The number of hydrogen-bond acceptors (Lipinski definition) is 6. The minimum absolute atomic E-state index is 0.0794. The molecule has 0 saturated heterocycles. The molecule has 0 spiro atoms.